The molecule has 0 radical (unpaired) electrons. The summed E-state index contributed by atoms with van der Waals surface area (Å²) in [5.41, 5.74) is 7.37. The molecule has 3 rings (SSSR count). The molecule has 2 heterocycles. The molecule has 2 fully saturated rings. The first kappa shape index (κ1) is 18.4. The lowest BCUT2D eigenvalue weighted by molar-refractivity contribution is -0.137. The summed E-state index contributed by atoms with van der Waals surface area (Å²) in [7, 11) is 0. The summed E-state index contributed by atoms with van der Waals surface area (Å²) in [5, 5.41) is 7.06. The number of H-pyrrole nitrogens is 1. The molecule has 1 aromatic rings. The Morgan fingerprint density at radius 1 is 1.32 bits per heavy atom. The number of piperidine rings is 1. The zero-order chi connectivity index (χ0) is 17.6. The SMILES string of the molecule is C[C@@H](OCC1CCCCC1)[C@H](N)C(=O)N1CCC(c2ccn[nH]2)CC1. The molecule has 1 saturated carbocycles. The van der Waals surface area contributed by atoms with Gasteiger partial charge in [-0.05, 0) is 44.6 Å². The van der Waals surface area contributed by atoms with Gasteiger partial charge in [-0.1, -0.05) is 19.3 Å². The number of nitrogens with one attached hydrogen (secondary N) is 1. The number of amides is 1. The minimum atomic E-state index is -0.563. The summed E-state index contributed by atoms with van der Waals surface area (Å²) in [6, 6.07) is 1.46. The molecule has 1 saturated heterocycles. The van der Waals surface area contributed by atoms with Crippen molar-refractivity contribution in [3.63, 3.8) is 0 Å². The number of nitrogens with two attached hydrogens (primary N) is 1. The van der Waals surface area contributed by atoms with Crippen LogP contribution in [0.25, 0.3) is 0 Å². The number of aromatic nitrogens is 2. The van der Waals surface area contributed by atoms with Gasteiger partial charge in [0.1, 0.15) is 6.04 Å². The Balaban J connectivity index is 1.42. The third-order valence-corrected chi connectivity index (χ3v) is 5.88. The van der Waals surface area contributed by atoms with Crippen molar-refractivity contribution < 1.29 is 9.53 Å². The molecule has 2 aliphatic rings. The van der Waals surface area contributed by atoms with Crippen LogP contribution < -0.4 is 5.73 Å². The van der Waals surface area contributed by atoms with Gasteiger partial charge in [0.15, 0.2) is 0 Å². The maximum atomic E-state index is 12.7. The van der Waals surface area contributed by atoms with E-state index in [9.17, 15) is 4.79 Å². The number of hydrogen-bond donors (Lipinski definition) is 2. The highest BCUT2D eigenvalue weighted by molar-refractivity contribution is 5.82. The van der Waals surface area contributed by atoms with E-state index >= 15 is 0 Å². The summed E-state index contributed by atoms with van der Waals surface area (Å²) in [4.78, 5) is 14.6. The van der Waals surface area contributed by atoms with Crippen LogP contribution in [0.2, 0.25) is 0 Å². The maximum Gasteiger partial charge on any atom is 0.242 e. The van der Waals surface area contributed by atoms with E-state index in [4.69, 9.17) is 10.5 Å². The number of nitrogens with zero attached hydrogens (tertiary/aromatic N) is 2. The lowest BCUT2D eigenvalue weighted by Gasteiger charge is -2.34. The number of likely N-dealkylation sites (tertiary alicyclic amines) is 1. The summed E-state index contributed by atoms with van der Waals surface area (Å²) in [6.07, 6.45) is 9.92. The van der Waals surface area contributed by atoms with Gasteiger partial charge in [-0.3, -0.25) is 9.89 Å². The molecular weight excluding hydrogens is 316 g/mol. The predicted molar refractivity (Wildman–Crippen MR) is 97.1 cm³/mol. The van der Waals surface area contributed by atoms with Gasteiger partial charge < -0.3 is 15.4 Å². The summed E-state index contributed by atoms with van der Waals surface area (Å²) < 4.78 is 5.95. The van der Waals surface area contributed by atoms with E-state index in [1.165, 1.54) is 37.8 Å². The van der Waals surface area contributed by atoms with Crippen LogP contribution in [0.4, 0.5) is 0 Å². The fraction of sp³-hybridized carbons (Fsp3) is 0.789. The average molecular weight is 348 g/mol. The Kier molecular flexibility index (Phi) is 6.48. The Bertz CT molecular complexity index is 520. The van der Waals surface area contributed by atoms with E-state index in [1.807, 2.05) is 17.9 Å². The van der Waals surface area contributed by atoms with E-state index in [1.54, 1.807) is 6.20 Å². The van der Waals surface area contributed by atoms with Crippen LogP contribution in [0, 0.1) is 5.92 Å². The lowest BCUT2D eigenvalue weighted by atomic mass is 9.90. The number of aromatic amines is 1. The van der Waals surface area contributed by atoms with Crippen molar-refractivity contribution in [2.75, 3.05) is 19.7 Å². The van der Waals surface area contributed by atoms with Crippen LogP contribution in [0.5, 0.6) is 0 Å². The zero-order valence-electron chi connectivity index (χ0n) is 15.3. The van der Waals surface area contributed by atoms with Crippen molar-refractivity contribution in [1.82, 2.24) is 15.1 Å². The van der Waals surface area contributed by atoms with Crippen LogP contribution in [0.3, 0.4) is 0 Å². The Labute approximate surface area is 150 Å². The first-order valence-electron chi connectivity index (χ1n) is 9.80. The molecule has 0 unspecified atom stereocenters. The van der Waals surface area contributed by atoms with E-state index < -0.39 is 6.04 Å². The second-order valence-corrected chi connectivity index (χ2v) is 7.68. The predicted octanol–water partition coefficient (Wildman–Crippen LogP) is 2.43. The molecule has 1 amide bonds. The first-order valence-corrected chi connectivity index (χ1v) is 9.80. The third kappa shape index (κ3) is 4.82. The fourth-order valence-corrected chi connectivity index (χ4v) is 4.06. The van der Waals surface area contributed by atoms with E-state index in [0.29, 0.717) is 11.8 Å². The second kappa shape index (κ2) is 8.81. The summed E-state index contributed by atoms with van der Waals surface area (Å²) in [6.45, 7) is 4.18. The molecule has 6 nitrogen and oxygen atoms in total. The Morgan fingerprint density at radius 3 is 2.68 bits per heavy atom. The lowest BCUT2D eigenvalue weighted by Crippen LogP contribution is -2.52. The van der Waals surface area contributed by atoms with E-state index in [0.717, 1.165) is 32.5 Å². The van der Waals surface area contributed by atoms with Crippen LogP contribution in [0.15, 0.2) is 12.3 Å². The molecule has 0 bridgehead atoms. The molecule has 140 valence electrons. The van der Waals surface area contributed by atoms with Crippen LogP contribution in [-0.4, -0.2) is 52.8 Å². The minimum Gasteiger partial charge on any atom is -0.376 e. The zero-order valence-corrected chi connectivity index (χ0v) is 15.3. The highest BCUT2D eigenvalue weighted by Gasteiger charge is 2.30. The highest BCUT2D eigenvalue weighted by Crippen LogP contribution is 2.27. The van der Waals surface area contributed by atoms with Crippen molar-refractivity contribution in [3.05, 3.63) is 18.0 Å². The molecule has 3 N–H and O–H groups in total. The molecule has 1 aliphatic heterocycles. The van der Waals surface area contributed by atoms with E-state index in [-0.39, 0.29) is 12.0 Å². The van der Waals surface area contributed by atoms with Gasteiger partial charge in [0.2, 0.25) is 5.91 Å². The summed E-state index contributed by atoms with van der Waals surface area (Å²) in [5.74, 6) is 1.13. The van der Waals surface area contributed by atoms with Gasteiger partial charge in [-0.25, -0.2) is 0 Å². The van der Waals surface area contributed by atoms with Crippen molar-refractivity contribution >= 4 is 5.91 Å². The molecular formula is C19H32N4O2. The quantitative estimate of drug-likeness (QED) is 0.827. The molecule has 0 aromatic carbocycles. The van der Waals surface area contributed by atoms with Gasteiger partial charge in [0.05, 0.1) is 6.10 Å². The van der Waals surface area contributed by atoms with Gasteiger partial charge in [-0.15, -0.1) is 0 Å². The number of rotatable bonds is 6. The van der Waals surface area contributed by atoms with Crippen molar-refractivity contribution in [2.45, 2.75) is 69.9 Å². The monoisotopic (exact) mass is 348 g/mol. The topological polar surface area (TPSA) is 84.2 Å². The van der Waals surface area contributed by atoms with Gasteiger partial charge in [0, 0.05) is 37.5 Å². The molecule has 1 aliphatic carbocycles. The number of carbonyl (C=O) groups excluding carboxylic acids is 1. The van der Waals surface area contributed by atoms with Gasteiger partial charge >= 0.3 is 0 Å². The van der Waals surface area contributed by atoms with Gasteiger partial charge in [0.25, 0.3) is 0 Å². The second-order valence-electron chi connectivity index (χ2n) is 7.68. The maximum absolute atomic E-state index is 12.7. The van der Waals surface area contributed by atoms with Crippen LogP contribution in [0.1, 0.15) is 63.5 Å². The molecule has 2 atom stereocenters. The van der Waals surface area contributed by atoms with Crippen LogP contribution >= 0.6 is 0 Å². The molecule has 1 aromatic heterocycles. The van der Waals surface area contributed by atoms with Crippen molar-refractivity contribution in [3.8, 4) is 0 Å². The largest absolute Gasteiger partial charge is 0.376 e. The average Bonchev–Trinajstić information content (AvgIpc) is 3.20. The first-order chi connectivity index (χ1) is 12.1. The van der Waals surface area contributed by atoms with Crippen molar-refractivity contribution in [2.24, 2.45) is 11.7 Å². The third-order valence-electron chi connectivity index (χ3n) is 5.88. The Morgan fingerprint density at radius 2 is 2.04 bits per heavy atom. The standard InChI is InChI=1S/C19H32N4O2/c1-14(25-13-15-5-3-2-4-6-15)18(20)19(24)23-11-8-16(9-12-23)17-7-10-21-22-17/h7,10,14-16,18H,2-6,8-9,11-13,20H2,1H3,(H,21,22)/t14-,18+/m1/s1. The number of ether oxygens (including phenoxy) is 1. The fourth-order valence-electron chi connectivity index (χ4n) is 4.06. The van der Waals surface area contributed by atoms with Crippen molar-refractivity contribution in [1.29, 1.82) is 0 Å². The van der Waals surface area contributed by atoms with Gasteiger partial charge in [-0.2, -0.15) is 5.10 Å². The Hall–Kier alpha value is -1.40. The minimum absolute atomic E-state index is 0.0270. The molecule has 0 spiro atoms. The molecule has 25 heavy (non-hydrogen) atoms. The number of hydrogen-bond acceptors (Lipinski definition) is 4. The number of carbonyl (C=O) groups is 1. The normalized spacial score (nSPS) is 22.7. The molecule has 6 heteroatoms. The van der Waals surface area contributed by atoms with Crippen LogP contribution in [-0.2, 0) is 9.53 Å². The van der Waals surface area contributed by atoms with E-state index in [2.05, 4.69) is 10.2 Å². The smallest absolute Gasteiger partial charge is 0.242 e. The summed E-state index contributed by atoms with van der Waals surface area (Å²) >= 11 is 0. The highest BCUT2D eigenvalue weighted by atomic mass is 16.5.